The summed E-state index contributed by atoms with van der Waals surface area (Å²) in [5, 5.41) is 6.97. The summed E-state index contributed by atoms with van der Waals surface area (Å²) in [5.74, 6) is -0.802. The van der Waals surface area contributed by atoms with E-state index in [1.807, 2.05) is 76.0 Å². The Morgan fingerprint density at radius 3 is 2.65 bits per heavy atom. The maximum atomic E-state index is 15.7. The van der Waals surface area contributed by atoms with Gasteiger partial charge in [0.1, 0.15) is 6.04 Å². The summed E-state index contributed by atoms with van der Waals surface area (Å²) in [7, 11) is 1.64. The molecule has 1 heterocycles. The van der Waals surface area contributed by atoms with Crippen molar-refractivity contribution in [2.45, 2.75) is 33.2 Å². The highest BCUT2D eigenvalue weighted by molar-refractivity contribution is 7.60. The van der Waals surface area contributed by atoms with E-state index in [1.54, 1.807) is 6.07 Å². The zero-order chi connectivity index (χ0) is 26.7. The van der Waals surface area contributed by atoms with Crippen molar-refractivity contribution >= 4 is 51.3 Å². The van der Waals surface area contributed by atoms with Gasteiger partial charge in [0.25, 0.3) is 0 Å². The SMILES string of the molecule is CCOP(C)c1ccccc1-c1ccc(N2CC[C@@H](NC(=O)Nc3ccc(C)cc3C)C2=O)c(F)c1P. The lowest BCUT2D eigenvalue weighted by atomic mass is 10.0. The van der Waals surface area contributed by atoms with Crippen molar-refractivity contribution in [1.82, 2.24) is 5.32 Å². The molecule has 2 unspecified atom stereocenters. The van der Waals surface area contributed by atoms with E-state index in [9.17, 15) is 9.59 Å². The van der Waals surface area contributed by atoms with Crippen LogP contribution in [0, 0.1) is 19.7 Å². The smallest absolute Gasteiger partial charge is 0.319 e. The Morgan fingerprint density at radius 1 is 1.16 bits per heavy atom. The Kier molecular flexibility index (Phi) is 8.59. The minimum Gasteiger partial charge on any atom is -0.355 e. The highest BCUT2D eigenvalue weighted by Gasteiger charge is 2.35. The maximum absolute atomic E-state index is 15.7. The Morgan fingerprint density at radius 2 is 1.92 bits per heavy atom. The number of urea groups is 1. The first-order valence-corrected chi connectivity index (χ1v) is 14.5. The van der Waals surface area contributed by atoms with Gasteiger partial charge >= 0.3 is 6.03 Å². The predicted octanol–water partition coefficient (Wildman–Crippen LogP) is 5.23. The van der Waals surface area contributed by atoms with Gasteiger partial charge in [-0.25, -0.2) is 9.18 Å². The average Bonchev–Trinajstić information content (AvgIpc) is 3.22. The zero-order valence-corrected chi connectivity index (χ0v) is 23.5. The number of nitrogens with one attached hydrogen (secondary N) is 2. The number of amides is 3. The fraction of sp³-hybridized carbons (Fsp3) is 0.286. The molecule has 0 aliphatic carbocycles. The number of rotatable bonds is 7. The van der Waals surface area contributed by atoms with Crippen molar-refractivity contribution in [1.29, 1.82) is 0 Å². The molecule has 3 atom stereocenters. The number of carbonyl (C=O) groups excluding carboxylic acids is 2. The summed E-state index contributed by atoms with van der Waals surface area (Å²) in [6, 6.07) is 15.9. The van der Waals surface area contributed by atoms with Crippen molar-refractivity contribution in [3.8, 4) is 11.1 Å². The van der Waals surface area contributed by atoms with E-state index in [-0.39, 0.29) is 11.6 Å². The van der Waals surface area contributed by atoms with Crippen LogP contribution in [0.1, 0.15) is 24.5 Å². The first-order chi connectivity index (χ1) is 17.7. The number of anilines is 2. The molecule has 0 saturated carbocycles. The summed E-state index contributed by atoms with van der Waals surface area (Å²) >= 11 is 0. The van der Waals surface area contributed by atoms with Crippen LogP contribution in [-0.2, 0) is 9.32 Å². The van der Waals surface area contributed by atoms with Gasteiger partial charge in [-0.15, -0.1) is 9.24 Å². The molecule has 0 bridgehead atoms. The van der Waals surface area contributed by atoms with Gasteiger partial charge in [0.05, 0.1) is 13.8 Å². The average molecular weight is 540 g/mol. The van der Waals surface area contributed by atoms with E-state index < -0.39 is 26.0 Å². The molecule has 9 heteroatoms. The van der Waals surface area contributed by atoms with E-state index in [2.05, 4.69) is 19.9 Å². The number of aryl methyl sites for hydroxylation is 2. The summed E-state index contributed by atoms with van der Waals surface area (Å²) in [4.78, 5) is 27.1. The summed E-state index contributed by atoms with van der Waals surface area (Å²) in [6.07, 6.45) is 0.393. The van der Waals surface area contributed by atoms with Crippen LogP contribution in [0.15, 0.2) is 54.6 Å². The second-order valence-electron chi connectivity index (χ2n) is 9.04. The molecule has 194 valence electrons. The fourth-order valence-corrected chi connectivity index (χ4v) is 6.34. The number of halogens is 1. The van der Waals surface area contributed by atoms with Crippen molar-refractivity contribution in [2.24, 2.45) is 0 Å². The van der Waals surface area contributed by atoms with Crippen LogP contribution in [0.2, 0.25) is 0 Å². The normalized spacial score (nSPS) is 16.1. The molecule has 6 nitrogen and oxygen atoms in total. The number of benzene rings is 3. The van der Waals surface area contributed by atoms with E-state index in [1.165, 1.54) is 4.90 Å². The first-order valence-electron chi connectivity index (χ1n) is 12.2. The van der Waals surface area contributed by atoms with Crippen molar-refractivity contribution in [3.63, 3.8) is 0 Å². The van der Waals surface area contributed by atoms with Crippen molar-refractivity contribution in [2.75, 3.05) is 30.0 Å². The molecule has 1 aliphatic rings. The Bertz CT molecular complexity index is 1330. The molecule has 37 heavy (non-hydrogen) atoms. The Balaban J connectivity index is 1.51. The van der Waals surface area contributed by atoms with Crippen molar-refractivity contribution < 1.29 is 18.5 Å². The molecule has 0 aromatic heterocycles. The van der Waals surface area contributed by atoms with Gasteiger partial charge in [0.2, 0.25) is 5.91 Å². The molecule has 3 aromatic carbocycles. The van der Waals surface area contributed by atoms with Gasteiger partial charge in [-0.05, 0) is 62.7 Å². The van der Waals surface area contributed by atoms with E-state index >= 15 is 4.39 Å². The van der Waals surface area contributed by atoms with Gasteiger partial charge in [0, 0.05) is 29.4 Å². The fourth-order valence-electron chi connectivity index (χ4n) is 4.59. The lowest BCUT2D eigenvalue weighted by Crippen LogP contribution is -2.43. The molecule has 4 rings (SSSR count). The van der Waals surface area contributed by atoms with E-state index in [0.717, 1.165) is 27.6 Å². The molecule has 3 amide bonds. The van der Waals surface area contributed by atoms with Crippen LogP contribution in [0.4, 0.5) is 20.6 Å². The second kappa shape index (κ2) is 11.7. The molecule has 1 fully saturated rings. The van der Waals surface area contributed by atoms with E-state index in [0.29, 0.717) is 30.6 Å². The topological polar surface area (TPSA) is 70.7 Å². The van der Waals surface area contributed by atoms with Crippen LogP contribution in [0.25, 0.3) is 11.1 Å². The highest BCUT2D eigenvalue weighted by Crippen LogP contribution is 2.37. The molecule has 0 spiro atoms. The van der Waals surface area contributed by atoms with Crippen LogP contribution in [0.3, 0.4) is 0 Å². The largest absolute Gasteiger partial charge is 0.355 e. The third kappa shape index (κ3) is 5.85. The molecular weight excluding hydrogens is 507 g/mol. The summed E-state index contributed by atoms with van der Waals surface area (Å²) in [5.41, 5.74) is 4.57. The molecule has 3 aromatic rings. The standard InChI is InChI=1S/C28H32FN3O3P2/c1-5-35-37(4)24-9-7-6-8-19(24)20-11-13-23(25(29)26(20)36)32-15-14-22(27(32)33)31-28(34)30-21-12-10-17(2)16-18(21)3/h6-13,16,22H,5,14-15,36H2,1-4H3,(H2,30,31,34)/t22-,37?/m1/s1. The molecule has 1 saturated heterocycles. The maximum Gasteiger partial charge on any atom is 0.319 e. The summed E-state index contributed by atoms with van der Waals surface area (Å²) < 4.78 is 21.5. The quantitative estimate of drug-likeness (QED) is 0.405. The number of nitrogens with zero attached hydrogens (tertiary/aromatic N) is 1. The van der Waals surface area contributed by atoms with Crippen LogP contribution in [-0.4, -0.2) is 37.8 Å². The summed E-state index contributed by atoms with van der Waals surface area (Å²) in [6.45, 7) is 8.81. The molecular formula is C28H32FN3O3P2. The van der Waals surface area contributed by atoms with Crippen LogP contribution < -0.4 is 26.1 Å². The predicted molar refractivity (Wildman–Crippen MR) is 154 cm³/mol. The lowest BCUT2D eigenvalue weighted by Gasteiger charge is -2.22. The van der Waals surface area contributed by atoms with Gasteiger partial charge in [0.15, 0.2) is 5.82 Å². The lowest BCUT2D eigenvalue weighted by molar-refractivity contribution is -0.118. The first kappa shape index (κ1) is 27.2. The Labute approximate surface area is 221 Å². The highest BCUT2D eigenvalue weighted by atomic mass is 31.1. The molecule has 1 aliphatic heterocycles. The van der Waals surface area contributed by atoms with Crippen molar-refractivity contribution in [3.05, 3.63) is 71.5 Å². The monoisotopic (exact) mass is 539 g/mol. The van der Waals surface area contributed by atoms with Gasteiger partial charge < -0.3 is 20.1 Å². The van der Waals surface area contributed by atoms with Crippen LogP contribution >= 0.6 is 17.4 Å². The Hall–Kier alpha value is -2.85. The van der Waals surface area contributed by atoms with Crippen LogP contribution in [0.5, 0.6) is 0 Å². The molecule has 0 radical (unpaired) electrons. The third-order valence-corrected chi connectivity index (χ3v) is 8.73. The zero-order valence-electron chi connectivity index (χ0n) is 21.5. The van der Waals surface area contributed by atoms with E-state index in [4.69, 9.17) is 4.52 Å². The number of hydrogen-bond donors (Lipinski definition) is 2. The minimum atomic E-state index is -0.845. The minimum absolute atomic E-state index is 0.207. The van der Waals surface area contributed by atoms with Gasteiger partial charge in [-0.2, -0.15) is 0 Å². The van der Waals surface area contributed by atoms with Gasteiger partial charge in [-0.1, -0.05) is 48.0 Å². The number of hydrogen-bond acceptors (Lipinski definition) is 3. The molecule has 2 N–H and O–H groups in total. The van der Waals surface area contributed by atoms with Gasteiger partial charge in [-0.3, -0.25) is 4.79 Å². The third-order valence-electron chi connectivity index (χ3n) is 6.45. The number of carbonyl (C=O) groups is 2. The second-order valence-corrected chi connectivity index (χ2v) is 11.4.